The van der Waals surface area contributed by atoms with Gasteiger partial charge in [-0.2, -0.15) is 12.6 Å². The van der Waals surface area contributed by atoms with Crippen LogP contribution in [0.3, 0.4) is 0 Å². The van der Waals surface area contributed by atoms with Crippen LogP contribution in [0.1, 0.15) is 0 Å². The molecule has 0 aromatic heterocycles. The summed E-state index contributed by atoms with van der Waals surface area (Å²) in [5.74, 6) is 2.17. The molecule has 0 amide bonds. The van der Waals surface area contributed by atoms with Crippen LogP contribution in [0.25, 0.3) is 0 Å². The highest BCUT2D eigenvalue weighted by Gasteiger charge is 2.39. The molecule has 74 valence electrons. The van der Waals surface area contributed by atoms with Gasteiger partial charge in [0.15, 0.2) is 0 Å². The predicted molar refractivity (Wildman–Crippen MR) is 68.7 cm³/mol. The lowest BCUT2D eigenvalue weighted by molar-refractivity contribution is 0.847. The highest BCUT2D eigenvalue weighted by atomic mass is 32.2. The van der Waals surface area contributed by atoms with Crippen LogP contribution in [-0.2, 0) is 0 Å². The Morgan fingerprint density at radius 1 is 1.43 bits per heavy atom. The van der Waals surface area contributed by atoms with E-state index < -0.39 is 0 Å². The number of benzene rings is 1. The number of hydrogen-bond donors (Lipinski definition) is 1. The van der Waals surface area contributed by atoms with Gasteiger partial charge in [-0.25, -0.2) is 0 Å². The SMILES string of the molecule is SC[C@H]1SC[C@H]2Sc3ccccc3N12. The van der Waals surface area contributed by atoms with Gasteiger partial charge in [-0.05, 0) is 12.1 Å². The van der Waals surface area contributed by atoms with E-state index >= 15 is 0 Å². The molecule has 1 fully saturated rings. The normalized spacial score (nSPS) is 29.1. The molecule has 1 saturated heterocycles. The topological polar surface area (TPSA) is 3.24 Å². The number of thioether (sulfide) groups is 2. The first-order valence-corrected chi connectivity index (χ1v) is 7.23. The van der Waals surface area contributed by atoms with Crippen molar-refractivity contribution in [2.24, 2.45) is 0 Å². The third-order valence-electron chi connectivity index (χ3n) is 2.61. The monoisotopic (exact) mass is 241 g/mol. The lowest BCUT2D eigenvalue weighted by Gasteiger charge is -2.23. The molecule has 1 aromatic carbocycles. The van der Waals surface area contributed by atoms with E-state index in [4.69, 9.17) is 0 Å². The van der Waals surface area contributed by atoms with Crippen LogP contribution in [0.4, 0.5) is 5.69 Å². The van der Waals surface area contributed by atoms with E-state index in [1.54, 1.807) is 0 Å². The minimum atomic E-state index is 0.569. The molecule has 0 unspecified atom stereocenters. The second-order valence-corrected chi connectivity index (χ2v) is 6.21. The first-order chi connectivity index (χ1) is 6.90. The van der Waals surface area contributed by atoms with E-state index in [1.807, 2.05) is 23.5 Å². The Hall–Kier alpha value is 0.0700. The zero-order valence-electron chi connectivity index (χ0n) is 7.59. The van der Waals surface area contributed by atoms with Gasteiger partial charge in [0.25, 0.3) is 0 Å². The van der Waals surface area contributed by atoms with Crippen molar-refractivity contribution in [1.82, 2.24) is 0 Å². The fourth-order valence-electron chi connectivity index (χ4n) is 2.00. The van der Waals surface area contributed by atoms with Crippen molar-refractivity contribution in [1.29, 1.82) is 0 Å². The fraction of sp³-hybridized carbons (Fsp3) is 0.400. The minimum absolute atomic E-state index is 0.569. The summed E-state index contributed by atoms with van der Waals surface area (Å²) in [6, 6.07) is 8.69. The highest BCUT2D eigenvalue weighted by molar-refractivity contribution is 8.05. The van der Waals surface area contributed by atoms with E-state index in [0.29, 0.717) is 10.7 Å². The van der Waals surface area contributed by atoms with Crippen molar-refractivity contribution in [3.63, 3.8) is 0 Å². The quantitative estimate of drug-likeness (QED) is 0.754. The summed E-state index contributed by atoms with van der Waals surface area (Å²) in [7, 11) is 0. The van der Waals surface area contributed by atoms with Gasteiger partial charge in [0, 0.05) is 16.4 Å². The third kappa shape index (κ3) is 1.27. The van der Waals surface area contributed by atoms with Gasteiger partial charge >= 0.3 is 0 Å². The molecule has 1 aromatic rings. The molecule has 0 aliphatic carbocycles. The van der Waals surface area contributed by atoms with Crippen LogP contribution >= 0.6 is 36.2 Å². The Balaban J connectivity index is 2.02. The number of hydrogen-bond acceptors (Lipinski definition) is 4. The van der Waals surface area contributed by atoms with Crippen molar-refractivity contribution < 1.29 is 0 Å². The number of para-hydroxylation sites is 1. The number of fused-ring (bicyclic) bond motifs is 3. The summed E-state index contributed by atoms with van der Waals surface area (Å²) in [6.07, 6.45) is 0. The Labute approximate surface area is 98.0 Å². The molecule has 3 rings (SSSR count). The molecule has 0 spiro atoms. The molecule has 2 aliphatic heterocycles. The summed E-state index contributed by atoms with van der Waals surface area (Å²) >= 11 is 8.44. The average molecular weight is 241 g/mol. The summed E-state index contributed by atoms with van der Waals surface area (Å²) in [6.45, 7) is 0. The van der Waals surface area contributed by atoms with E-state index in [2.05, 4.69) is 41.8 Å². The molecule has 2 heterocycles. The Bertz CT molecular complexity index is 353. The lowest BCUT2D eigenvalue weighted by atomic mass is 10.3. The van der Waals surface area contributed by atoms with E-state index in [0.717, 1.165) is 5.75 Å². The van der Waals surface area contributed by atoms with Crippen LogP contribution in [-0.4, -0.2) is 22.3 Å². The minimum Gasteiger partial charge on any atom is -0.345 e. The largest absolute Gasteiger partial charge is 0.345 e. The number of thiol groups is 1. The van der Waals surface area contributed by atoms with Crippen molar-refractivity contribution in [3.05, 3.63) is 24.3 Å². The zero-order valence-corrected chi connectivity index (χ0v) is 10.1. The molecule has 0 N–H and O–H groups in total. The summed E-state index contributed by atoms with van der Waals surface area (Å²) in [5.41, 5.74) is 1.41. The van der Waals surface area contributed by atoms with Crippen molar-refractivity contribution >= 4 is 41.8 Å². The summed E-state index contributed by atoms with van der Waals surface area (Å²) in [5, 5.41) is 1.22. The van der Waals surface area contributed by atoms with Gasteiger partial charge in [0.05, 0.1) is 16.4 Å². The Kier molecular flexibility index (Phi) is 2.38. The van der Waals surface area contributed by atoms with Crippen molar-refractivity contribution in [2.45, 2.75) is 15.6 Å². The molecule has 14 heavy (non-hydrogen) atoms. The van der Waals surface area contributed by atoms with Gasteiger partial charge in [-0.3, -0.25) is 0 Å². The molecule has 1 nitrogen and oxygen atoms in total. The molecule has 2 atom stereocenters. The molecule has 0 radical (unpaired) electrons. The first-order valence-electron chi connectivity index (χ1n) is 4.66. The highest BCUT2D eigenvalue weighted by Crippen LogP contribution is 2.50. The van der Waals surface area contributed by atoms with Gasteiger partial charge in [0.2, 0.25) is 0 Å². The summed E-state index contributed by atoms with van der Waals surface area (Å²) in [4.78, 5) is 3.96. The maximum Gasteiger partial charge on any atom is 0.0900 e. The Morgan fingerprint density at radius 2 is 2.29 bits per heavy atom. The Morgan fingerprint density at radius 3 is 3.14 bits per heavy atom. The van der Waals surface area contributed by atoms with Crippen molar-refractivity contribution in [2.75, 3.05) is 16.4 Å². The molecule has 2 aliphatic rings. The lowest BCUT2D eigenvalue weighted by Crippen LogP contribution is -2.32. The van der Waals surface area contributed by atoms with Gasteiger partial charge < -0.3 is 4.90 Å². The smallest absolute Gasteiger partial charge is 0.0900 e. The fourth-order valence-corrected chi connectivity index (χ4v) is 5.27. The van der Waals surface area contributed by atoms with Crippen LogP contribution in [0.15, 0.2) is 29.2 Å². The van der Waals surface area contributed by atoms with E-state index in [1.165, 1.54) is 16.3 Å². The standard InChI is InChI=1S/C10H11NS3/c12-5-9-11-7-3-1-2-4-8(7)14-10(11)6-13-9/h1-4,9-10,12H,5-6H2/t9-,10-/m1/s1. The van der Waals surface area contributed by atoms with Gasteiger partial charge in [-0.15, -0.1) is 11.8 Å². The maximum absolute atomic E-state index is 4.42. The number of anilines is 1. The van der Waals surface area contributed by atoms with Crippen LogP contribution in [0.2, 0.25) is 0 Å². The molecule has 0 bridgehead atoms. The second-order valence-electron chi connectivity index (χ2n) is 3.42. The molecule has 0 saturated carbocycles. The van der Waals surface area contributed by atoms with Gasteiger partial charge in [0.1, 0.15) is 0 Å². The molecular weight excluding hydrogens is 230 g/mol. The molecule has 4 heteroatoms. The summed E-state index contributed by atoms with van der Waals surface area (Å²) < 4.78 is 0. The van der Waals surface area contributed by atoms with E-state index in [-0.39, 0.29) is 0 Å². The van der Waals surface area contributed by atoms with Crippen LogP contribution < -0.4 is 4.90 Å². The average Bonchev–Trinajstić information content (AvgIpc) is 2.75. The van der Waals surface area contributed by atoms with Crippen LogP contribution in [0.5, 0.6) is 0 Å². The van der Waals surface area contributed by atoms with Gasteiger partial charge in [-0.1, -0.05) is 23.9 Å². The molecular formula is C10H11NS3. The van der Waals surface area contributed by atoms with Crippen LogP contribution in [0, 0.1) is 0 Å². The van der Waals surface area contributed by atoms with E-state index in [9.17, 15) is 0 Å². The second kappa shape index (κ2) is 3.58. The number of nitrogens with zero attached hydrogens (tertiary/aromatic N) is 1. The number of rotatable bonds is 1. The van der Waals surface area contributed by atoms with Crippen molar-refractivity contribution in [3.8, 4) is 0 Å². The zero-order chi connectivity index (χ0) is 9.54. The third-order valence-corrected chi connectivity index (χ3v) is 5.97. The first kappa shape index (κ1) is 9.31. The maximum atomic E-state index is 4.42. The predicted octanol–water partition coefficient (Wildman–Crippen LogP) is 2.93.